The summed E-state index contributed by atoms with van der Waals surface area (Å²) in [5.41, 5.74) is 11.8. The van der Waals surface area contributed by atoms with Gasteiger partial charge in [0.2, 0.25) is 11.8 Å². The highest BCUT2D eigenvalue weighted by atomic mass is 19.1. The number of ether oxygens (including phenoxy) is 2. The zero-order chi connectivity index (χ0) is 30.7. The third-order valence-corrected chi connectivity index (χ3v) is 6.35. The summed E-state index contributed by atoms with van der Waals surface area (Å²) in [6.45, 7) is 2.75. The molecule has 0 aliphatic carbocycles. The van der Waals surface area contributed by atoms with Crippen LogP contribution in [0, 0.1) is 5.92 Å². The van der Waals surface area contributed by atoms with Crippen molar-refractivity contribution in [2.45, 2.75) is 76.1 Å². The van der Waals surface area contributed by atoms with Gasteiger partial charge in [-0.3, -0.25) is 9.59 Å². The Hall–Kier alpha value is -3.57. The molecule has 1 aromatic rings. The highest BCUT2D eigenvalue weighted by molar-refractivity contribution is 5.97. The summed E-state index contributed by atoms with van der Waals surface area (Å²) in [6.07, 6.45) is -7.58. The molecule has 230 valence electrons. The Kier molecular flexibility index (Phi) is 13.1. The molecule has 41 heavy (non-hydrogen) atoms. The van der Waals surface area contributed by atoms with Crippen LogP contribution in [0.4, 0.5) is 19.7 Å². The molecule has 1 aromatic carbocycles. The molecular formula is C25H39FN6O9. The molecule has 1 aliphatic heterocycles. The number of halogens is 1. The van der Waals surface area contributed by atoms with E-state index in [1.807, 2.05) is 0 Å². The summed E-state index contributed by atoms with van der Waals surface area (Å²) in [4.78, 5) is 48.4. The van der Waals surface area contributed by atoms with Crippen LogP contribution in [0.25, 0.3) is 0 Å². The van der Waals surface area contributed by atoms with Gasteiger partial charge in [0.25, 0.3) is 0 Å². The van der Waals surface area contributed by atoms with Gasteiger partial charge < -0.3 is 57.5 Å². The quantitative estimate of drug-likeness (QED) is 0.122. The third kappa shape index (κ3) is 10.4. The molecular weight excluding hydrogens is 547 g/mol. The Balaban J connectivity index is 1.92. The molecule has 1 heterocycles. The zero-order valence-electron chi connectivity index (χ0n) is 22.8. The molecule has 16 heteroatoms. The molecule has 1 saturated heterocycles. The van der Waals surface area contributed by atoms with E-state index in [0.29, 0.717) is 17.7 Å². The number of nitrogens with two attached hydrogens (primary N) is 2. The van der Waals surface area contributed by atoms with Crippen molar-refractivity contribution in [3.63, 3.8) is 0 Å². The van der Waals surface area contributed by atoms with Crippen LogP contribution < -0.4 is 32.7 Å². The molecule has 0 saturated carbocycles. The summed E-state index contributed by atoms with van der Waals surface area (Å²) < 4.78 is 24.0. The van der Waals surface area contributed by atoms with E-state index in [-0.39, 0.29) is 25.5 Å². The maximum Gasteiger partial charge on any atom is 0.407 e. The van der Waals surface area contributed by atoms with Gasteiger partial charge >= 0.3 is 12.1 Å². The largest absolute Gasteiger partial charge is 0.445 e. The number of rotatable bonds is 13. The number of alkyl halides is 1. The fourth-order valence-electron chi connectivity index (χ4n) is 3.82. The monoisotopic (exact) mass is 586 g/mol. The van der Waals surface area contributed by atoms with Gasteiger partial charge in [-0.05, 0) is 36.5 Å². The maximum absolute atomic E-state index is 14.1. The van der Waals surface area contributed by atoms with Crippen LogP contribution in [0.5, 0.6) is 0 Å². The van der Waals surface area contributed by atoms with Crippen molar-refractivity contribution in [1.29, 1.82) is 0 Å². The van der Waals surface area contributed by atoms with E-state index in [2.05, 4.69) is 21.3 Å². The number of primary amides is 1. The lowest BCUT2D eigenvalue weighted by atomic mass is 9.98. The molecule has 0 aromatic heterocycles. The number of urea groups is 1. The number of amides is 5. The third-order valence-electron chi connectivity index (χ3n) is 6.35. The highest BCUT2D eigenvalue weighted by Gasteiger charge is 2.45. The average Bonchev–Trinajstić information content (AvgIpc) is 2.93. The molecule has 3 unspecified atom stereocenters. The topological polar surface area (TPSA) is 248 Å². The fraction of sp³-hybridized carbons (Fsp3) is 0.600. The zero-order valence-corrected chi connectivity index (χ0v) is 22.8. The number of carbonyl (C=O) groups is 4. The van der Waals surface area contributed by atoms with Gasteiger partial charge in [0.1, 0.15) is 30.9 Å². The number of hydrogen-bond donors (Lipinski definition) is 9. The molecule has 0 radical (unpaired) electrons. The number of benzene rings is 1. The lowest BCUT2D eigenvalue weighted by molar-refractivity contribution is -0.239. The second-order valence-corrected chi connectivity index (χ2v) is 9.88. The Labute approximate surface area is 236 Å². The second-order valence-electron chi connectivity index (χ2n) is 9.88. The van der Waals surface area contributed by atoms with Crippen molar-refractivity contribution < 1.29 is 48.4 Å². The van der Waals surface area contributed by atoms with E-state index < -0.39 is 73.3 Å². The van der Waals surface area contributed by atoms with Crippen LogP contribution in [0.2, 0.25) is 0 Å². The fourth-order valence-corrected chi connectivity index (χ4v) is 3.82. The first-order chi connectivity index (χ1) is 19.3. The predicted molar refractivity (Wildman–Crippen MR) is 143 cm³/mol. The second kappa shape index (κ2) is 16.0. The number of alkyl carbamates (subject to hydrolysis) is 1. The van der Waals surface area contributed by atoms with Crippen molar-refractivity contribution in [1.82, 2.24) is 16.0 Å². The first-order valence-electron chi connectivity index (χ1n) is 13.0. The molecule has 0 bridgehead atoms. The number of aliphatic hydroxyl groups excluding tert-OH is 3. The molecule has 1 fully saturated rings. The first kappa shape index (κ1) is 33.6. The van der Waals surface area contributed by atoms with Gasteiger partial charge in [-0.1, -0.05) is 26.0 Å². The number of carbonyl (C=O) groups excluding carboxylic acids is 4. The van der Waals surface area contributed by atoms with E-state index in [4.69, 9.17) is 26.0 Å². The minimum Gasteiger partial charge on any atom is -0.445 e. The van der Waals surface area contributed by atoms with Crippen LogP contribution >= 0.6 is 0 Å². The minimum atomic E-state index is -2.04. The van der Waals surface area contributed by atoms with Gasteiger partial charge in [0.05, 0.1) is 12.6 Å². The Morgan fingerprint density at radius 2 is 1.78 bits per heavy atom. The number of anilines is 1. The van der Waals surface area contributed by atoms with Crippen molar-refractivity contribution in [3.05, 3.63) is 29.8 Å². The standard InChI is InChI=1S/C25H39FN6O9/c1-12(2)18(27)22(36)31-15(4-3-9-29-24(28)38)21(35)30-14-7-5-13(6-8-14)11-40-25(39)32-19-20(34)17(26)16(10-33)41-23(19)37/h5-8,12,15-20,23,33-34,37H,3-4,9-11,27H2,1-2H3,(H,30,35)(H,31,36)(H,32,39)(H3,28,29,38)/t15?,16-,17-,18?,19-,20+,23?/m1/s1. The highest BCUT2D eigenvalue weighted by Crippen LogP contribution is 2.22. The van der Waals surface area contributed by atoms with E-state index in [9.17, 15) is 33.8 Å². The van der Waals surface area contributed by atoms with Gasteiger partial charge in [-0.2, -0.15) is 0 Å². The predicted octanol–water partition coefficient (Wildman–Crippen LogP) is -1.45. The van der Waals surface area contributed by atoms with Crippen molar-refractivity contribution in [2.75, 3.05) is 18.5 Å². The van der Waals surface area contributed by atoms with E-state index in [0.717, 1.165) is 0 Å². The Bertz CT molecular complexity index is 1030. The van der Waals surface area contributed by atoms with Crippen molar-refractivity contribution in [3.8, 4) is 0 Å². The van der Waals surface area contributed by atoms with Crippen LogP contribution in [0.3, 0.4) is 0 Å². The average molecular weight is 587 g/mol. The smallest absolute Gasteiger partial charge is 0.407 e. The summed E-state index contributed by atoms with van der Waals surface area (Å²) in [5, 5.41) is 38.8. The van der Waals surface area contributed by atoms with Gasteiger partial charge in [-0.15, -0.1) is 0 Å². The molecule has 0 spiro atoms. The lowest BCUT2D eigenvalue weighted by Gasteiger charge is -2.38. The molecule has 1 aliphatic rings. The van der Waals surface area contributed by atoms with Crippen LogP contribution in [0.1, 0.15) is 32.3 Å². The Morgan fingerprint density at radius 3 is 2.37 bits per heavy atom. The summed E-state index contributed by atoms with van der Waals surface area (Å²) >= 11 is 0. The molecule has 2 rings (SSSR count). The lowest BCUT2D eigenvalue weighted by Crippen LogP contribution is -2.63. The summed E-state index contributed by atoms with van der Waals surface area (Å²) in [7, 11) is 0. The molecule has 15 nitrogen and oxygen atoms in total. The van der Waals surface area contributed by atoms with Crippen LogP contribution in [0.15, 0.2) is 24.3 Å². The maximum atomic E-state index is 14.1. The summed E-state index contributed by atoms with van der Waals surface area (Å²) in [6, 6.07) is 2.19. The normalized spacial score (nSPS) is 23.7. The number of aliphatic hydroxyl groups is 3. The summed E-state index contributed by atoms with van der Waals surface area (Å²) in [5.74, 6) is -1.17. The molecule has 7 atom stereocenters. The SMILES string of the molecule is CC(C)C(N)C(=O)NC(CCCNC(N)=O)C(=O)Nc1ccc(COC(=O)N[C@H]2C(O)O[C@H](CO)[C@@H](F)[C@@H]2O)cc1. The van der Waals surface area contributed by atoms with E-state index in [1.54, 1.807) is 26.0 Å². The minimum absolute atomic E-state index is 0.155. The van der Waals surface area contributed by atoms with Crippen molar-refractivity contribution in [2.24, 2.45) is 17.4 Å². The van der Waals surface area contributed by atoms with Gasteiger partial charge in [0, 0.05) is 12.2 Å². The van der Waals surface area contributed by atoms with Crippen LogP contribution in [-0.2, 0) is 25.7 Å². The van der Waals surface area contributed by atoms with E-state index >= 15 is 0 Å². The molecule has 5 amide bonds. The van der Waals surface area contributed by atoms with Gasteiger partial charge in [0.15, 0.2) is 12.5 Å². The van der Waals surface area contributed by atoms with Crippen LogP contribution in [-0.4, -0.2) is 95.2 Å². The Morgan fingerprint density at radius 1 is 1.12 bits per heavy atom. The van der Waals surface area contributed by atoms with Gasteiger partial charge in [-0.25, -0.2) is 14.0 Å². The van der Waals surface area contributed by atoms with Crippen molar-refractivity contribution >= 4 is 29.6 Å². The van der Waals surface area contributed by atoms with E-state index in [1.165, 1.54) is 12.1 Å². The number of hydrogen-bond acceptors (Lipinski definition) is 10. The number of nitrogens with one attached hydrogen (secondary N) is 4. The molecule has 11 N–H and O–H groups in total. The first-order valence-corrected chi connectivity index (χ1v) is 13.0.